The lowest BCUT2D eigenvalue weighted by Gasteiger charge is -2.30. The van der Waals surface area contributed by atoms with Crippen molar-refractivity contribution in [2.24, 2.45) is 5.92 Å². The van der Waals surface area contributed by atoms with E-state index in [2.05, 4.69) is 27.5 Å². The highest BCUT2D eigenvalue weighted by molar-refractivity contribution is 7.89. The number of piperidine rings is 2. The van der Waals surface area contributed by atoms with Crippen LogP contribution >= 0.6 is 0 Å². The average Bonchev–Trinajstić information content (AvgIpc) is 3.35. The first-order chi connectivity index (χ1) is 19.3. The Kier molecular flexibility index (Phi) is 8.78. The molecule has 2 aromatic carbocycles. The van der Waals surface area contributed by atoms with Gasteiger partial charge in [0.05, 0.1) is 0 Å². The number of rotatable bonds is 8. The van der Waals surface area contributed by atoms with Gasteiger partial charge in [-0.2, -0.15) is 4.31 Å². The second kappa shape index (κ2) is 12.4. The monoisotopic (exact) mass is 566 g/mol. The number of amides is 1. The molecule has 0 unspecified atom stereocenters. The van der Waals surface area contributed by atoms with E-state index in [-0.39, 0.29) is 41.3 Å². The van der Waals surface area contributed by atoms with Gasteiger partial charge in [-0.1, -0.05) is 41.9 Å². The summed E-state index contributed by atoms with van der Waals surface area (Å²) >= 11 is 0. The Bertz CT molecular complexity index is 1460. The van der Waals surface area contributed by atoms with Crippen LogP contribution in [0.4, 0.5) is 10.1 Å². The highest BCUT2D eigenvalue weighted by Gasteiger charge is 2.36. The summed E-state index contributed by atoms with van der Waals surface area (Å²) in [6.07, 6.45) is 7.50. The zero-order valence-electron chi connectivity index (χ0n) is 22.7. The van der Waals surface area contributed by atoms with Gasteiger partial charge in [-0.25, -0.2) is 12.8 Å². The van der Waals surface area contributed by atoms with Crippen molar-refractivity contribution < 1.29 is 22.1 Å². The maximum Gasteiger partial charge on any atom is 0.248 e. The molecule has 1 N–H and O–H groups in total. The number of likely N-dealkylation sites (tertiary alicyclic amines) is 1. The molecule has 8 nitrogen and oxygen atoms in total. The fourth-order valence-electron chi connectivity index (χ4n) is 5.38. The maximum atomic E-state index is 14.0. The number of aryl methyl sites for hydroxylation is 1. The van der Waals surface area contributed by atoms with E-state index in [9.17, 15) is 17.6 Å². The predicted octanol–water partition coefficient (Wildman–Crippen LogP) is 5.32. The molecule has 5 rings (SSSR count). The normalized spacial score (nSPS) is 17.9. The van der Waals surface area contributed by atoms with Crippen molar-refractivity contribution >= 4 is 33.8 Å². The largest absolute Gasteiger partial charge is 0.355 e. The molecule has 0 bridgehead atoms. The first-order valence-electron chi connectivity index (χ1n) is 13.8. The fraction of sp³-hybridized carbons (Fsp3) is 0.400. The smallest absolute Gasteiger partial charge is 0.248 e. The summed E-state index contributed by atoms with van der Waals surface area (Å²) in [6, 6.07) is 14.2. The number of sulfonamides is 1. The molecule has 10 heteroatoms. The third-order valence-corrected chi connectivity index (χ3v) is 9.71. The van der Waals surface area contributed by atoms with Crippen molar-refractivity contribution in [3.63, 3.8) is 0 Å². The maximum absolute atomic E-state index is 14.0. The van der Waals surface area contributed by atoms with Crippen LogP contribution in [0.1, 0.15) is 54.7 Å². The number of carbonyl (C=O) groups is 1. The summed E-state index contributed by atoms with van der Waals surface area (Å²) in [5, 5.41) is 6.84. The van der Waals surface area contributed by atoms with E-state index in [1.807, 2.05) is 12.1 Å². The number of benzene rings is 2. The lowest BCUT2D eigenvalue weighted by atomic mass is 9.97. The lowest BCUT2D eigenvalue weighted by Crippen LogP contribution is -2.41. The van der Waals surface area contributed by atoms with Crippen LogP contribution < -0.4 is 5.32 Å². The number of hydrogen-bond donors (Lipinski definition) is 1. The number of aromatic nitrogens is 1. The molecule has 212 valence electrons. The number of nitrogens with one attached hydrogen (secondary N) is 1. The van der Waals surface area contributed by atoms with Gasteiger partial charge in [-0.3, -0.25) is 9.69 Å². The van der Waals surface area contributed by atoms with Crippen molar-refractivity contribution in [2.75, 3.05) is 31.5 Å². The molecule has 1 amide bonds. The van der Waals surface area contributed by atoms with Crippen molar-refractivity contribution in [1.29, 1.82) is 0 Å². The van der Waals surface area contributed by atoms with Crippen LogP contribution in [0.2, 0.25) is 0 Å². The summed E-state index contributed by atoms with van der Waals surface area (Å²) in [5.74, 6) is -0.767. The number of hydrogen-bond acceptors (Lipinski definition) is 6. The molecular formula is C30H35FN4O4S. The molecule has 0 aliphatic carbocycles. The van der Waals surface area contributed by atoms with Crippen LogP contribution in [0.25, 0.3) is 12.2 Å². The summed E-state index contributed by atoms with van der Waals surface area (Å²) < 4.78 is 47.7. The third-order valence-electron chi connectivity index (χ3n) is 7.65. The minimum Gasteiger partial charge on any atom is -0.355 e. The van der Waals surface area contributed by atoms with Crippen LogP contribution in [-0.4, -0.2) is 54.9 Å². The van der Waals surface area contributed by atoms with Gasteiger partial charge in [-0.15, -0.1) is 0 Å². The second-order valence-electron chi connectivity index (χ2n) is 10.5. The van der Waals surface area contributed by atoms with Gasteiger partial charge < -0.3 is 9.84 Å². The van der Waals surface area contributed by atoms with E-state index in [1.54, 1.807) is 25.1 Å². The topological polar surface area (TPSA) is 95.8 Å². The molecule has 3 aromatic rings. The van der Waals surface area contributed by atoms with Crippen molar-refractivity contribution in [1.82, 2.24) is 14.4 Å². The zero-order chi connectivity index (χ0) is 28.1. The highest BCUT2D eigenvalue weighted by Crippen LogP contribution is 2.30. The summed E-state index contributed by atoms with van der Waals surface area (Å²) in [4.78, 5) is 15.4. The number of halogens is 1. The number of nitrogens with zero attached hydrogens (tertiary/aromatic N) is 3. The van der Waals surface area contributed by atoms with E-state index in [4.69, 9.17) is 4.52 Å². The van der Waals surface area contributed by atoms with Crippen LogP contribution in [0.5, 0.6) is 0 Å². The lowest BCUT2D eigenvalue weighted by molar-refractivity contribution is -0.120. The quantitative estimate of drug-likeness (QED) is 0.397. The summed E-state index contributed by atoms with van der Waals surface area (Å²) in [5.41, 5.74) is 2.51. The van der Waals surface area contributed by atoms with E-state index in [1.165, 1.54) is 47.3 Å². The van der Waals surface area contributed by atoms with E-state index in [0.717, 1.165) is 25.3 Å². The predicted molar refractivity (Wildman–Crippen MR) is 152 cm³/mol. The second-order valence-corrected chi connectivity index (χ2v) is 12.4. The third kappa shape index (κ3) is 6.51. The van der Waals surface area contributed by atoms with Gasteiger partial charge in [0.25, 0.3) is 0 Å². The van der Waals surface area contributed by atoms with Crippen molar-refractivity contribution in [3.8, 4) is 0 Å². The molecule has 0 radical (unpaired) electrons. The minimum atomic E-state index is -3.92. The standard InChI is InChI=1S/C30H35FN4O4S/c1-22-29(28(39-33-22)14-11-24-7-3-4-8-27(24)31)40(37,38)35-19-15-25(16-20-35)30(36)32-26-12-9-23(10-13-26)21-34-17-5-2-6-18-34/h3-4,7-14,25H,2,5-6,15-21H2,1H3,(H,32,36)/b14-11+. The molecule has 2 aliphatic heterocycles. The van der Waals surface area contributed by atoms with E-state index >= 15 is 0 Å². The Balaban J connectivity index is 1.18. The van der Waals surface area contributed by atoms with Crippen LogP contribution in [0, 0.1) is 18.7 Å². The fourth-order valence-corrected chi connectivity index (χ4v) is 7.10. The van der Waals surface area contributed by atoms with Gasteiger partial charge >= 0.3 is 0 Å². The first-order valence-corrected chi connectivity index (χ1v) is 15.3. The molecular weight excluding hydrogens is 531 g/mol. The van der Waals surface area contributed by atoms with Gasteiger partial charge in [-0.05, 0) is 81.6 Å². The molecule has 0 saturated carbocycles. The minimum absolute atomic E-state index is 0.0346. The van der Waals surface area contributed by atoms with Gasteiger partial charge in [0, 0.05) is 36.8 Å². The van der Waals surface area contributed by atoms with E-state index < -0.39 is 15.8 Å². The van der Waals surface area contributed by atoms with Gasteiger partial charge in [0.1, 0.15) is 11.5 Å². The number of carbonyl (C=O) groups excluding carboxylic acids is 1. The first kappa shape index (κ1) is 28.2. The van der Waals surface area contributed by atoms with Crippen molar-refractivity contribution in [3.05, 3.63) is 76.9 Å². The molecule has 0 spiro atoms. The Hall–Kier alpha value is -3.34. The molecule has 3 heterocycles. The van der Waals surface area contributed by atoms with Gasteiger partial charge in [0.15, 0.2) is 10.7 Å². The highest BCUT2D eigenvalue weighted by atomic mass is 32.2. The molecule has 1 aromatic heterocycles. The molecule has 2 aliphatic rings. The molecule has 2 fully saturated rings. The Morgan fingerprint density at radius 1 is 1.02 bits per heavy atom. The Labute approximate surface area is 234 Å². The summed E-state index contributed by atoms with van der Waals surface area (Å²) in [6.45, 7) is 5.17. The summed E-state index contributed by atoms with van der Waals surface area (Å²) in [7, 11) is -3.92. The Morgan fingerprint density at radius 3 is 2.42 bits per heavy atom. The number of anilines is 1. The molecule has 0 atom stereocenters. The van der Waals surface area contributed by atoms with Crippen LogP contribution in [-0.2, 0) is 21.4 Å². The SMILES string of the molecule is Cc1noc(/C=C/c2ccccc2F)c1S(=O)(=O)N1CCC(C(=O)Nc2ccc(CN3CCCCC3)cc2)CC1. The zero-order valence-corrected chi connectivity index (χ0v) is 23.5. The van der Waals surface area contributed by atoms with E-state index in [0.29, 0.717) is 18.4 Å². The Morgan fingerprint density at radius 2 is 1.73 bits per heavy atom. The average molecular weight is 567 g/mol. The van der Waals surface area contributed by atoms with Crippen LogP contribution in [0.15, 0.2) is 57.9 Å². The molecule has 40 heavy (non-hydrogen) atoms. The molecule has 2 saturated heterocycles. The van der Waals surface area contributed by atoms with Crippen molar-refractivity contribution in [2.45, 2.75) is 50.5 Å². The van der Waals surface area contributed by atoms with Crippen LogP contribution in [0.3, 0.4) is 0 Å². The van der Waals surface area contributed by atoms with Gasteiger partial charge in [0.2, 0.25) is 15.9 Å².